The molecule has 0 fully saturated rings. The number of fused-ring (bicyclic) bond motifs is 1. The summed E-state index contributed by atoms with van der Waals surface area (Å²) in [5.41, 5.74) is 1.47. The van der Waals surface area contributed by atoms with Crippen LogP contribution in [0.4, 0.5) is 0 Å². The molecule has 0 radical (unpaired) electrons. The fourth-order valence-corrected chi connectivity index (χ4v) is 3.18. The summed E-state index contributed by atoms with van der Waals surface area (Å²) >= 11 is 1.59. The van der Waals surface area contributed by atoms with E-state index in [2.05, 4.69) is 4.98 Å². The van der Waals surface area contributed by atoms with E-state index in [1.165, 1.54) is 0 Å². The number of thiazole rings is 1. The van der Waals surface area contributed by atoms with Crippen LogP contribution in [0.25, 0.3) is 0 Å². The van der Waals surface area contributed by atoms with E-state index < -0.39 is 6.10 Å². The molecule has 1 atom stereocenters. The highest BCUT2D eigenvalue weighted by Crippen LogP contribution is 2.41. The van der Waals surface area contributed by atoms with Crippen molar-refractivity contribution in [2.24, 2.45) is 0 Å². The van der Waals surface area contributed by atoms with Gasteiger partial charge in [-0.1, -0.05) is 0 Å². The number of rotatable bonds is 3. The molecule has 2 aromatic rings. The van der Waals surface area contributed by atoms with Crippen molar-refractivity contribution in [2.75, 3.05) is 0 Å². The van der Waals surface area contributed by atoms with Crippen LogP contribution in [-0.4, -0.2) is 15.7 Å². The first kappa shape index (κ1) is 14.4. The van der Waals surface area contributed by atoms with E-state index >= 15 is 0 Å². The molecular weight excluding hydrogens is 286 g/mol. The van der Waals surface area contributed by atoms with Gasteiger partial charge < -0.3 is 14.6 Å². The molecule has 0 saturated heterocycles. The molecule has 1 N–H and O–H groups in total. The van der Waals surface area contributed by atoms with Crippen molar-refractivity contribution in [3.63, 3.8) is 0 Å². The Morgan fingerprint density at radius 1 is 1.48 bits per heavy atom. The van der Waals surface area contributed by atoms with Gasteiger partial charge in [-0.3, -0.25) is 0 Å². The number of benzene rings is 1. The lowest BCUT2D eigenvalue weighted by molar-refractivity contribution is 0.0113. The summed E-state index contributed by atoms with van der Waals surface area (Å²) in [4.78, 5) is 4.37. The van der Waals surface area contributed by atoms with E-state index in [0.717, 1.165) is 22.0 Å². The van der Waals surface area contributed by atoms with Crippen LogP contribution in [0, 0.1) is 6.92 Å². The third-order valence-corrected chi connectivity index (χ3v) is 4.38. The maximum Gasteiger partial charge on any atom is 0.140 e. The van der Waals surface area contributed by atoms with Crippen LogP contribution in [0.2, 0.25) is 0 Å². The summed E-state index contributed by atoms with van der Waals surface area (Å²) in [6.07, 6.45) is 0.109. The van der Waals surface area contributed by atoms with Crippen LogP contribution < -0.4 is 9.47 Å². The zero-order valence-corrected chi connectivity index (χ0v) is 13.2. The summed E-state index contributed by atoms with van der Waals surface area (Å²) in [5.74, 6) is 1.43. The number of nitrogens with zero attached hydrogens (tertiary/aromatic N) is 1. The molecule has 5 heteroatoms. The topological polar surface area (TPSA) is 51.6 Å². The van der Waals surface area contributed by atoms with Gasteiger partial charge in [0.05, 0.1) is 6.10 Å². The molecule has 1 unspecified atom stereocenters. The van der Waals surface area contributed by atoms with Gasteiger partial charge in [0.25, 0.3) is 0 Å². The van der Waals surface area contributed by atoms with Gasteiger partial charge in [0.1, 0.15) is 28.7 Å². The normalized spacial score (nSPS) is 19.7. The fourth-order valence-electron chi connectivity index (χ4n) is 2.50. The van der Waals surface area contributed by atoms with Gasteiger partial charge >= 0.3 is 0 Å². The van der Waals surface area contributed by atoms with E-state index in [1.54, 1.807) is 11.3 Å². The van der Waals surface area contributed by atoms with Crippen molar-refractivity contribution < 1.29 is 14.6 Å². The molecule has 3 rings (SSSR count). The van der Waals surface area contributed by atoms with E-state index in [0.29, 0.717) is 18.8 Å². The van der Waals surface area contributed by atoms with Crippen LogP contribution >= 0.6 is 11.3 Å². The molecule has 0 amide bonds. The molecule has 1 aliphatic heterocycles. The van der Waals surface area contributed by atoms with E-state index in [-0.39, 0.29) is 5.60 Å². The predicted octanol–water partition coefficient (Wildman–Crippen LogP) is 3.63. The maximum absolute atomic E-state index is 10.2. The largest absolute Gasteiger partial charge is 0.487 e. The van der Waals surface area contributed by atoms with Crippen LogP contribution in [0.3, 0.4) is 0 Å². The third kappa shape index (κ3) is 3.19. The van der Waals surface area contributed by atoms with Gasteiger partial charge in [0.15, 0.2) is 0 Å². The predicted molar refractivity (Wildman–Crippen MR) is 81.9 cm³/mol. The minimum Gasteiger partial charge on any atom is -0.487 e. The number of aryl methyl sites for hydroxylation is 1. The Morgan fingerprint density at radius 2 is 2.29 bits per heavy atom. The molecule has 0 saturated carbocycles. The Labute approximate surface area is 128 Å². The Bertz CT molecular complexity index is 651. The Morgan fingerprint density at radius 3 is 3.00 bits per heavy atom. The number of hydrogen-bond acceptors (Lipinski definition) is 5. The van der Waals surface area contributed by atoms with Gasteiger partial charge in [-0.2, -0.15) is 0 Å². The molecule has 0 bridgehead atoms. The highest BCUT2D eigenvalue weighted by atomic mass is 32.1. The second-order valence-electron chi connectivity index (χ2n) is 5.95. The molecule has 1 aromatic heterocycles. The first-order valence-corrected chi connectivity index (χ1v) is 7.86. The van der Waals surface area contributed by atoms with Crippen LogP contribution in [0.5, 0.6) is 11.5 Å². The number of aromatic nitrogens is 1. The van der Waals surface area contributed by atoms with Crippen molar-refractivity contribution in [3.8, 4) is 11.5 Å². The monoisotopic (exact) mass is 305 g/mol. The quantitative estimate of drug-likeness (QED) is 0.941. The maximum atomic E-state index is 10.2. The number of ether oxygens (including phenoxy) is 2. The van der Waals surface area contributed by atoms with Crippen molar-refractivity contribution >= 4 is 11.3 Å². The molecule has 2 heterocycles. The van der Waals surface area contributed by atoms with Gasteiger partial charge in [0, 0.05) is 29.1 Å². The zero-order chi connectivity index (χ0) is 15.0. The highest BCUT2D eigenvalue weighted by molar-refractivity contribution is 7.09. The summed E-state index contributed by atoms with van der Waals surface area (Å²) < 4.78 is 11.7. The lowest BCUT2D eigenvalue weighted by Gasteiger charge is -2.35. The van der Waals surface area contributed by atoms with Crippen molar-refractivity contribution in [1.82, 2.24) is 4.98 Å². The standard InChI is InChI=1S/C16H19NO3S/c1-10-9-21-15(17-10)8-19-11-4-5-12-13(18)7-16(2,3)20-14(12)6-11/h4-6,9,13,18H,7-8H2,1-3H3. The van der Waals surface area contributed by atoms with Gasteiger partial charge in [0.2, 0.25) is 0 Å². The SMILES string of the molecule is Cc1csc(COc2ccc3c(c2)OC(C)(C)CC3O)n1. The Balaban J connectivity index is 1.76. The van der Waals surface area contributed by atoms with E-state index in [1.807, 2.05) is 44.4 Å². The number of hydrogen-bond donors (Lipinski definition) is 1. The van der Waals surface area contributed by atoms with Crippen LogP contribution in [0.15, 0.2) is 23.6 Å². The number of aliphatic hydroxyl groups is 1. The highest BCUT2D eigenvalue weighted by Gasteiger charge is 2.32. The molecular formula is C16H19NO3S. The van der Waals surface area contributed by atoms with Crippen LogP contribution in [-0.2, 0) is 6.61 Å². The molecule has 1 aromatic carbocycles. The lowest BCUT2D eigenvalue weighted by Crippen LogP contribution is -2.34. The van der Waals surface area contributed by atoms with Crippen LogP contribution in [0.1, 0.15) is 42.6 Å². The Hall–Kier alpha value is -1.59. The van der Waals surface area contributed by atoms with Crippen molar-refractivity contribution in [3.05, 3.63) is 39.8 Å². The van der Waals surface area contributed by atoms with Gasteiger partial charge in [-0.15, -0.1) is 11.3 Å². The van der Waals surface area contributed by atoms with Crippen molar-refractivity contribution in [2.45, 2.75) is 45.5 Å². The minimum absolute atomic E-state index is 0.364. The van der Waals surface area contributed by atoms with E-state index in [9.17, 15) is 5.11 Å². The molecule has 1 aliphatic rings. The summed E-state index contributed by atoms with van der Waals surface area (Å²) in [6.45, 7) is 6.37. The first-order chi connectivity index (χ1) is 9.93. The second-order valence-corrected chi connectivity index (χ2v) is 6.90. The third-order valence-electron chi connectivity index (χ3n) is 3.44. The van der Waals surface area contributed by atoms with Crippen molar-refractivity contribution in [1.29, 1.82) is 0 Å². The smallest absolute Gasteiger partial charge is 0.140 e. The molecule has 112 valence electrons. The zero-order valence-electron chi connectivity index (χ0n) is 12.4. The number of aliphatic hydroxyl groups excluding tert-OH is 1. The summed E-state index contributed by atoms with van der Waals surface area (Å²) in [5, 5.41) is 13.1. The lowest BCUT2D eigenvalue weighted by atomic mass is 9.92. The molecule has 4 nitrogen and oxygen atoms in total. The Kier molecular flexibility index (Phi) is 3.63. The van der Waals surface area contributed by atoms with Gasteiger partial charge in [-0.05, 0) is 32.9 Å². The summed E-state index contributed by atoms with van der Waals surface area (Å²) in [7, 11) is 0. The fraction of sp³-hybridized carbons (Fsp3) is 0.438. The average molecular weight is 305 g/mol. The molecule has 21 heavy (non-hydrogen) atoms. The van der Waals surface area contributed by atoms with E-state index in [4.69, 9.17) is 9.47 Å². The molecule has 0 spiro atoms. The van der Waals surface area contributed by atoms with Gasteiger partial charge in [-0.25, -0.2) is 4.98 Å². The first-order valence-electron chi connectivity index (χ1n) is 6.98. The summed E-state index contributed by atoms with van der Waals surface area (Å²) in [6, 6.07) is 5.59. The molecule has 0 aliphatic carbocycles. The second kappa shape index (κ2) is 5.31. The average Bonchev–Trinajstić information content (AvgIpc) is 2.80. The minimum atomic E-state index is -0.487.